The van der Waals surface area contributed by atoms with E-state index in [0.717, 1.165) is 21.7 Å². The second-order valence-corrected chi connectivity index (χ2v) is 7.15. The number of thiazole rings is 1. The van der Waals surface area contributed by atoms with Gasteiger partial charge in [-0.25, -0.2) is 0 Å². The first-order chi connectivity index (χ1) is 14.2. The second kappa shape index (κ2) is 10.2. The summed E-state index contributed by atoms with van der Waals surface area (Å²) in [7, 11) is 0. The third-order valence-corrected chi connectivity index (χ3v) is 5.28. The summed E-state index contributed by atoms with van der Waals surface area (Å²) in [6.45, 7) is 8.76. The monoisotopic (exact) mass is 414 g/mol. The van der Waals surface area contributed by atoms with E-state index in [1.165, 1.54) is 11.3 Å². The second-order valence-electron chi connectivity index (χ2n) is 6.14. The van der Waals surface area contributed by atoms with Gasteiger partial charge in [0.2, 0.25) is 0 Å². The van der Waals surface area contributed by atoms with E-state index >= 15 is 0 Å². The molecule has 0 aliphatic carbocycles. The van der Waals surface area contributed by atoms with Crippen molar-refractivity contribution in [3.63, 3.8) is 0 Å². The van der Waals surface area contributed by atoms with Crippen molar-refractivity contribution in [3.05, 3.63) is 52.8 Å². The summed E-state index contributed by atoms with van der Waals surface area (Å²) in [5.74, 6) is 1.23. The molecule has 0 unspecified atom stereocenters. The highest BCUT2D eigenvalue weighted by Gasteiger charge is 2.13. The molecule has 3 aromatic rings. The number of hydrogen-bond acceptors (Lipinski definition) is 5. The van der Waals surface area contributed by atoms with Gasteiger partial charge in [-0.1, -0.05) is 17.4 Å². The number of rotatable bonds is 9. The molecule has 0 aliphatic rings. The van der Waals surface area contributed by atoms with Crippen LogP contribution in [-0.2, 0) is 11.3 Å². The molecule has 0 atom stereocenters. The topological polar surface area (TPSA) is 62.1 Å². The Kier molecular flexibility index (Phi) is 7.43. The zero-order chi connectivity index (χ0) is 20.6. The van der Waals surface area contributed by atoms with E-state index in [9.17, 15) is 4.79 Å². The van der Waals surface area contributed by atoms with Crippen LogP contribution in [0.15, 0.2) is 47.5 Å². The van der Waals surface area contributed by atoms with Gasteiger partial charge in [-0.15, -0.1) is 0 Å². The Labute approximate surface area is 174 Å². The molecule has 0 fully saturated rings. The Morgan fingerprint density at radius 1 is 1.00 bits per heavy atom. The van der Waals surface area contributed by atoms with E-state index in [1.807, 2.05) is 43.5 Å². The summed E-state index contributed by atoms with van der Waals surface area (Å²) in [6.07, 6.45) is 0. The number of carbonyl (C=O) groups excluding carboxylic acids is 1. The number of fused-ring (bicyclic) bond motifs is 1. The van der Waals surface area contributed by atoms with E-state index < -0.39 is 0 Å². The summed E-state index contributed by atoms with van der Waals surface area (Å²) < 4.78 is 19.8. The van der Waals surface area contributed by atoms with Crippen molar-refractivity contribution >= 4 is 27.5 Å². The van der Waals surface area contributed by atoms with Gasteiger partial charge in [-0.2, -0.15) is 4.99 Å². The summed E-state index contributed by atoms with van der Waals surface area (Å²) in [5.41, 5.74) is 1.46. The predicted molar refractivity (Wildman–Crippen MR) is 115 cm³/mol. The maximum Gasteiger partial charge on any atom is 0.279 e. The fourth-order valence-electron chi connectivity index (χ4n) is 2.97. The minimum atomic E-state index is -0.289. The number of aromatic nitrogens is 1. The van der Waals surface area contributed by atoms with Gasteiger partial charge >= 0.3 is 0 Å². The van der Waals surface area contributed by atoms with Crippen molar-refractivity contribution < 1.29 is 19.0 Å². The quantitative estimate of drug-likeness (QED) is 0.491. The fourth-order valence-corrected chi connectivity index (χ4v) is 4.05. The minimum absolute atomic E-state index is 0.289. The lowest BCUT2D eigenvalue weighted by molar-refractivity contribution is 0.0996. The molecule has 154 valence electrons. The summed E-state index contributed by atoms with van der Waals surface area (Å²) in [5, 5.41) is 0. The third-order valence-electron chi connectivity index (χ3n) is 4.24. The number of nitrogens with zero attached hydrogens (tertiary/aromatic N) is 2. The molecule has 2 aromatic carbocycles. The lowest BCUT2D eigenvalue weighted by Crippen LogP contribution is -2.20. The molecule has 6 nitrogen and oxygen atoms in total. The maximum atomic E-state index is 12.8. The van der Waals surface area contributed by atoms with Crippen LogP contribution in [0.4, 0.5) is 0 Å². The van der Waals surface area contributed by atoms with Crippen LogP contribution in [0.25, 0.3) is 10.2 Å². The van der Waals surface area contributed by atoms with Gasteiger partial charge in [0.15, 0.2) is 4.80 Å². The molecule has 1 amide bonds. The van der Waals surface area contributed by atoms with Crippen molar-refractivity contribution in [1.82, 2.24) is 4.57 Å². The minimum Gasteiger partial charge on any atom is -0.494 e. The number of amides is 1. The Hall–Kier alpha value is -2.64. The fraction of sp³-hybridized carbons (Fsp3) is 0.364. The zero-order valence-electron chi connectivity index (χ0n) is 17.0. The van der Waals surface area contributed by atoms with E-state index in [0.29, 0.717) is 43.3 Å². The number of para-hydroxylation sites is 1. The Bertz CT molecular complexity index is 1020. The van der Waals surface area contributed by atoms with E-state index in [2.05, 4.69) is 4.99 Å². The highest BCUT2D eigenvalue weighted by atomic mass is 32.1. The van der Waals surface area contributed by atoms with Crippen molar-refractivity contribution in [2.24, 2.45) is 4.99 Å². The first-order valence-corrected chi connectivity index (χ1v) is 10.6. The van der Waals surface area contributed by atoms with E-state index in [4.69, 9.17) is 14.2 Å². The van der Waals surface area contributed by atoms with Crippen LogP contribution in [0.3, 0.4) is 0 Å². The molecule has 0 bridgehead atoms. The van der Waals surface area contributed by atoms with Crippen LogP contribution in [0.2, 0.25) is 0 Å². The smallest absolute Gasteiger partial charge is 0.279 e. The Morgan fingerprint density at radius 3 is 2.45 bits per heavy atom. The molecule has 0 N–H and O–H groups in total. The van der Waals surface area contributed by atoms with Gasteiger partial charge in [-0.05, 0) is 57.2 Å². The molecule has 0 spiro atoms. The Balaban J connectivity index is 2.03. The van der Waals surface area contributed by atoms with Crippen LogP contribution in [-0.4, -0.2) is 36.9 Å². The number of ether oxygens (including phenoxy) is 3. The van der Waals surface area contributed by atoms with Crippen molar-refractivity contribution in [1.29, 1.82) is 0 Å². The van der Waals surface area contributed by atoms with E-state index in [1.54, 1.807) is 24.3 Å². The standard InChI is InChI=1S/C22H26N2O4S/c1-4-26-15-14-24-20-18(28-6-3)8-7-9-19(20)29-22(24)23-21(25)16-10-12-17(13-11-16)27-5-2/h7-13H,4-6,14-15H2,1-3H3. The third kappa shape index (κ3) is 5.05. The lowest BCUT2D eigenvalue weighted by atomic mass is 10.2. The van der Waals surface area contributed by atoms with Crippen LogP contribution in [0, 0.1) is 0 Å². The largest absolute Gasteiger partial charge is 0.494 e. The van der Waals surface area contributed by atoms with Crippen molar-refractivity contribution in [2.45, 2.75) is 27.3 Å². The molecule has 3 rings (SSSR count). The van der Waals surface area contributed by atoms with Gasteiger partial charge < -0.3 is 18.8 Å². The maximum absolute atomic E-state index is 12.8. The van der Waals surface area contributed by atoms with Gasteiger partial charge in [0.1, 0.15) is 17.0 Å². The normalized spacial score (nSPS) is 11.8. The molecular formula is C22H26N2O4S. The molecular weight excluding hydrogens is 388 g/mol. The highest BCUT2D eigenvalue weighted by molar-refractivity contribution is 7.16. The van der Waals surface area contributed by atoms with Crippen molar-refractivity contribution in [2.75, 3.05) is 26.4 Å². The average molecular weight is 415 g/mol. The summed E-state index contributed by atoms with van der Waals surface area (Å²) in [4.78, 5) is 17.8. The van der Waals surface area contributed by atoms with E-state index in [-0.39, 0.29) is 5.91 Å². The first kappa shape index (κ1) is 21.1. The van der Waals surface area contributed by atoms with Gasteiger partial charge in [0.25, 0.3) is 5.91 Å². The number of hydrogen-bond donors (Lipinski definition) is 0. The van der Waals surface area contributed by atoms with Crippen LogP contribution < -0.4 is 14.3 Å². The zero-order valence-corrected chi connectivity index (χ0v) is 17.8. The molecule has 0 saturated carbocycles. The average Bonchev–Trinajstić information content (AvgIpc) is 3.07. The number of carbonyl (C=O) groups is 1. The van der Waals surface area contributed by atoms with Gasteiger partial charge in [0, 0.05) is 18.7 Å². The molecule has 7 heteroatoms. The molecule has 29 heavy (non-hydrogen) atoms. The number of benzene rings is 2. The summed E-state index contributed by atoms with van der Waals surface area (Å²) in [6, 6.07) is 12.9. The molecule has 0 aliphatic heterocycles. The van der Waals surface area contributed by atoms with Crippen LogP contribution >= 0.6 is 11.3 Å². The predicted octanol–water partition coefficient (Wildman–Crippen LogP) is 4.28. The Morgan fingerprint density at radius 2 is 1.76 bits per heavy atom. The summed E-state index contributed by atoms with van der Waals surface area (Å²) >= 11 is 1.47. The highest BCUT2D eigenvalue weighted by Crippen LogP contribution is 2.27. The first-order valence-electron chi connectivity index (χ1n) is 9.82. The molecule has 1 heterocycles. The van der Waals surface area contributed by atoms with Crippen LogP contribution in [0.5, 0.6) is 11.5 Å². The van der Waals surface area contributed by atoms with Gasteiger partial charge in [-0.3, -0.25) is 4.79 Å². The van der Waals surface area contributed by atoms with Crippen LogP contribution in [0.1, 0.15) is 31.1 Å². The van der Waals surface area contributed by atoms with Crippen molar-refractivity contribution in [3.8, 4) is 11.5 Å². The molecule has 1 aromatic heterocycles. The molecule has 0 saturated heterocycles. The lowest BCUT2D eigenvalue weighted by Gasteiger charge is -2.10. The van der Waals surface area contributed by atoms with Gasteiger partial charge in [0.05, 0.1) is 24.5 Å². The molecule has 0 radical (unpaired) electrons. The SMILES string of the molecule is CCOCCn1c(=NC(=O)c2ccc(OCC)cc2)sc2cccc(OCC)c21.